The van der Waals surface area contributed by atoms with Crippen LogP contribution in [0.2, 0.25) is 0 Å². The van der Waals surface area contributed by atoms with E-state index in [4.69, 9.17) is 0 Å². The first kappa shape index (κ1) is 19.9. The van der Waals surface area contributed by atoms with Crippen LogP contribution in [0.1, 0.15) is 51.5 Å². The first-order valence-corrected chi connectivity index (χ1v) is 10.8. The molecule has 146 valence electrons. The van der Waals surface area contributed by atoms with Crippen LogP contribution in [0.5, 0.6) is 0 Å². The zero-order valence-corrected chi connectivity index (χ0v) is 17.6. The summed E-state index contributed by atoms with van der Waals surface area (Å²) >= 11 is 1.51. The van der Waals surface area contributed by atoms with Gasteiger partial charge in [0.05, 0.1) is 5.25 Å². The second-order valence-corrected chi connectivity index (χ2v) is 8.66. The number of aryl methyl sites for hydroxylation is 1. The van der Waals surface area contributed by atoms with Crippen molar-refractivity contribution in [2.75, 3.05) is 6.54 Å². The van der Waals surface area contributed by atoms with Crippen molar-refractivity contribution in [2.45, 2.75) is 69.3 Å². The summed E-state index contributed by atoms with van der Waals surface area (Å²) in [7, 11) is 1.97. The molecule has 1 atom stereocenters. The van der Waals surface area contributed by atoms with E-state index in [-0.39, 0.29) is 11.2 Å². The molecule has 1 aromatic carbocycles. The van der Waals surface area contributed by atoms with Crippen LogP contribution in [0.15, 0.2) is 29.4 Å². The summed E-state index contributed by atoms with van der Waals surface area (Å²) in [4.78, 5) is 15.1. The van der Waals surface area contributed by atoms with Gasteiger partial charge in [-0.1, -0.05) is 55.3 Å². The predicted molar refractivity (Wildman–Crippen MR) is 111 cm³/mol. The van der Waals surface area contributed by atoms with E-state index in [1.54, 1.807) is 0 Å². The highest BCUT2D eigenvalue weighted by molar-refractivity contribution is 8.00. The topological polar surface area (TPSA) is 51.0 Å². The molecule has 1 saturated carbocycles. The van der Waals surface area contributed by atoms with Crippen molar-refractivity contribution in [3.8, 4) is 11.4 Å². The Kier molecular flexibility index (Phi) is 6.58. The Morgan fingerprint density at radius 2 is 1.96 bits per heavy atom. The smallest absolute Gasteiger partial charge is 0.236 e. The monoisotopic (exact) mass is 386 g/mol. The molecule has 1 aromatic heterocycles. The van der Waals surface area contributed by atoms with Crippen LogP contribution in [0.4, 0.5) is 0 Å². The Morgan fingerprint density at radius 3 is 2.63 bits per heavy atom. The third-order valence-corrected chi connectivity index (χ3v) is 6.61. The van der Waals surface area contributed by atoms with Gasteiger partial charge in [-0.05, 0) is 39.2 Å². The SMILES string of the molecule is CCN(C(=O)[C@H](C)Sc1nnc(-c2ccccc2C)n1C)C1CCCCC1. The first-order chi connectivity index (χ1) is 13.0. The molecule has 27 heavy (non-hydrogen) atoms. The van der Waals surface area contributed by atoms with E-state index in [1.165, 1.54) is 36.6 Å². The van der Waals surface area contributed by atoms with Crippen molar-refractivity contribution < 1.29 is 4.79 Å². The van der Waals surface area contributed by atoms with Crippen LogP contribution in [0.3, 0.4) is 0 Å². The largest absolute Gasteiger partial charge is 0.339 e. The standard InChI is InChI=1S/C21H30N4OS/c1-5-25(17-12-7-6-8-13-17)20(26)16(3)27-21-23-22-19(24(21)4)18-14-10-9-11-15(18)2/h9-11,14,16-17H,5-8,12-13H2,1-4H3/t16-/m0/s1. The lowest BCUT2D eigenvalue weighted by Crippen LogP contribution is -2.44. The fourth-order valence-corrected chi connectivity index (χ4v) is 4.79. The summed E-state index contributed by atoms with van der Waals surface area (Å²) in [5.41, 5.74) is 2.25. The van der Waals surface area contributed by atoms with Gasteiger partial charge >= 0.3 is 0 Å². The third-order valence-electron chi connectivity index (χ3n) is 5.49. The summed E-state index contributed by atoms with van der Waals surface area (Å²) in [6.45, 7) is 6.93. The van der Waals surface area contributed by atoms with Crippen LogP contribution in [-0.4, -0.2) is 43.4 Å². The summed E-state index contributed by atoms with van der Waals surface area (Å²) in [6.07, 6.45) is 6.04. The van der Waals surface area contributed by atoms with Crippen molar-refractivity contribution >= 4 is 17.7 Å². The van der Waals surface area contributed by atoms with Crippen molar-refractivity contribution in [1.82, 2.24) is 19.7 Å². The number of aromatic nitrogens is 3. The minimum atomic E-state index is -0.167. The van der Waals surface area contributed by atoms with Crippen LogP contribution >= 0.6 is 11.8 Å². The van der Waals surface area contributed by atoms with Crippen molar-refractivity contribution in [3.63, 3.8) is 0 Å². The van der Waals surface area contributed by atoms with E-state index in [1.807, 2.05) is 30.7 Å². The number of nitrogens with zero attached hydrogens (tertiary/aromatic N) is 4. The average molecular weight is 387 g/mol. The van der Waals surface area contributed by atoms with Crippen molar-refractivity contribution in [3.05, 3.63) is 29.8 Å². The van der Waals surface area contributed by atoms with Crippen LogP contribution in [0, 0.1) is 6.92 Å². The van der Waals surface area contributed by atoms with Gasteiger partial charge in [0.25, 0.3) is 0 Å². The molecule has 0 spiro atoms. The normalized spacial score (nSPS) is 16.3. The maximum atomic E-state index is 13.1. The highest BCUT2D eigenvalue weighted by Crippen LogP contribution is 2.29. The minimum Gasteiger partial charge on any atom is -0.339 e. The molecule has 0 unspecified atom stereocenters. The van der Waals surface area contributed by atoms with Crippen molar-refractivity contribution in [2.24, 2.45) is 7.05 Å². The molecular weight excluding hydrogens is 356 g/mol. The van der Waals surface area contributed by atoms with E-state index in [2.05, 4.69) is 41.1 Å². The first-order valence-electron chi connectivity index (χ1n) is 9.95. The lowest BCUT2D eigenvalue weighted by molar-refractivity contribution is -0.133. The molecule has 1 amide bonds. The van der Waals surface area contributed by atoms with E-state index >= 15 is 0 Å². The highest BCUT2D eigenvalue weighted by Gasteiger charge is 2.29. The summed E-state index contributed by atoms with van der Waals surface area (Å²) < 4.78 is 1.99. The Labute approximate surface area is 166 Å². The molecule has 1 fully saturated rings. The molecule has 0 bridgehead atoms. The predicted octanol–water partition coefficient (Wildman–Crippen LogP) is 4.45. The van der Waals surface area contributed by atoms with Gasteiger partial charge in [0.15, 0.2) is 11.0 Å². The van der Waals surface area contributed by atoms with Crippen LogP contribution in [-0.2, 0) is 11.8 Å². The van der Waals surface area contributed by atoms with Crippen LogP contribution < -0.4 is 0 Å². The van der Waals surface area contributed by atoms with E-state index < -0.39 is 0 Å². The molecule has 1 aliphatic carbocycles. The maximum Gasteiger partial charge on any atom is 0.236 e. The van der Waals surface area contributed by atoms with E-state index in [9.17, 15) is 4.79 Å². The minimum absolute atomic E-state index is 0.167. The number of amides is 1. The molecule has 2 aromatic rings. The molecule has 5 nitrogen and oxygen atoms in total. The zero-order valence-electron chi connectivity index (χ0n) is 16.8. The molecule has 1 heterocycles. The Bertz CT molecular complexity index is 782. The molecule has 6 heteroatoms. The lowest BCUT2D eigenvalue weighted by Gasteiger charge is -2.35. The summed E-state index contributed by atoms with van der Waals surface area (Å²) in [5, 5.41) is 9.36. The maximum absolute atomic E-state index is 13.1. The molecular formula is C21H30N4OS. The molecule has 1 aliphatic rings. The third kappa shape index (κ3) is 4.37. The van der Waals surface area contributed by atoms with Gasteiger partial charge in [-0.3, -0.25) is 4.79 Å². The number of hydrogen-bond acceptors (Lipinski definition) is 4. The van der Waals surface area contributed by atoms with Gasteiger partial charge in [0.1, 0.15) is 0 Å². The second-order valence-electron chi connectivity index (χ2n) is 7.36. The number of thioether (sulfide) groups is 1. The van der Waals surface area contributed by atoms with Gasteiger partial charge in [-0.25, -0.2) is 0 Å². The lowest BCUT2D eigenvalue weighted by atomic mass is 9.94. The fraction of sp³-hybridized carbons (Fsp3) is 0.571. The van der Waals surface area contributed by atoms with Gasteiger partial charge in [-0.15, -0.1) is 10.2 Å². The summed E-state index contributed by atoms with van der Waals surface area (Å²) in [6, 6.07) is 8.58. The van der Waals surface area contributed by atoms with Gasteiger partial charge in [0, 0.05) is 25.2 Å². The zero-order chi connectivity index (χ0) is 19.4. The molecule has 0 N–H and O–H groups in total. The Balaban J connectivity index is 1.73. The Morgan fingerprint density at radius 1 is 1.26 bits per heavy atom. The van der Waals surface area contributed by atoms with Gasteiger partial charge in [-0.2, -0.15) is 0 Å². The number of rotatable bonds is 6. The Hall–Kier alpha value is -1.82. The van der Waals surface area contributed by atoms with Crippen LogP contribution in [0.25, 0.3) is 11.4 Å². The fourth-order valence-electron chi connectivity index (χ4n) is 3.90. The van der Waals surface area contributed by atoms with Gasteiger partial charge < -0.3 is 9.47 Å². The molecule has 3 rings (SSSR count). The molecule has 0 aliphatic heterocycles. The number of hydrogen-bond donors (Lipinski definition) is 0. The molecule has 0 radical (unpaired) electrons. The quantitative estimate of drug-likeness (QED) is 0.688. The molecule has 0 saturated heterocycles. The second kappa shape index (κ2) is 8.91. The average Bonchev–Trinajstić information content (AvgIpc) is 3.04. The number of carbonyl (C=O) groups is 1. The van der Waals surface area contributed by atoms with E-state index in [0.717, 1.165) is 35.9 Å². The summed E-state index contributed by atoms with van der Waals surface area (Å²) in [5.74, 6) is 1.06. The van der Waals surface area contributed by atoms with E-state index in [0.29, 0.717) is 6.04 Å². The number of carbonyl (C=O) groups excluding carboxylic acids is 1. The van der Waals surface area contributed by atoms with Crippen molar-refractivity contribution in [1.29, 1.82) is 0 Å². The highest BCUT2D eigenvalue weighted by atomic mass is 32.2. The van der Waals surface area contributed by atoms with Gasteiger partial charge in [0.2, 0.25) is 5.91 Å². The number of benzene rings is 1.